The molecule has 0 radical (unpaired) electrons. The first kappa shape index (κ1) is 18.9. The van der Waals surface area contributed by atoms with Crippen molar-refractivity contribution in [3.05, 3.63) is 0 Å². The molecule has 0 amide bonds. The molecule has 120 valence electrons. The number of hydrogen-bond acceptors (Lipinski definition) is 4. The average molecular weight is 304 g/mol. The lowest BCUT2D eigenvalue weighted by Crippen LogP contribution is -2.23. The Labute approximate surface area is 121 Å². The highest BCUT2D eigenvalue weighted by Crippen LogP contribution is 2.23. The summed E-state index contributed by atoms with van der Waals surface area (Å²) in [6, 6.07) is 0. The Balaban J connectivity index is 4.45. The molecule has 0 aromatic heterocycles. The molecule has 0 aliphatic rings. The fourth-order valence-electron chi connectivity index (χ4n) is 2.03. The first-order valence-electron chi connectivity index (χ1n) is 6.63. The lowest BCUT2D eigenvalue weighted by Gasteiger charge is -2.17. The standard InChI is InChI=1S/C13H20O8/c14-10(15)5-1-3-8(12(18)19)7-9(13(20)21)4-2-6-11(16)17/h8-9H,1-7H2,(H,14,15)(H,16,17)(H,18,19)(H,20,21). The Morgan fingerprint density at radius 2 is 1.00 bits per heavy atom. The smallest absolute Gasteiger partial charge is 0.306 e. The molecule has 0 bridgehead atoms. The minimum Gasteiger partial charge on any atom is -0.481 e. The molecule has 2 unspecified atom stereocenters. The molecular formula is C13H20O8. The quantitative estimate of drug-likeness (QED) is 0.421. The van der Waals surface area contributed by atoms with E-state index in [4.69, 9.17) is 20.4 Å². The van der Waals surface area contributed by atoms with E-state index in [1.807, 2.05) is 0 Å². The molecule has 21 heavy (non-hydrogen) atoms. The monoisotopic (exact) mass is 304 g/mol. The lowest BCUT2D eigenvalue weighted by atomic mass is 9.87. The van der Waals surface area contributed by atoms with E-state index in [-0.39, 0.29) is 44.9 Å². The van der Waals surface area contributed by atoms with E-state index in [9.17, 15) is 19.2 Å². The predicted molar refractivity (Wildman–Crippen MR) is 69.8 cm³/mol. The summed E-state index contributed by atoms with van der Waals surface area (Å²) < 4.78 is 0. The molecule has 2 atom stereocenters. The van der Waals surface area contributed by atoms with Crippen LogP contribution in [0.15, 0.2) is 0 Å². The molecule has 0 aromatic rings. The Bertz CT molecular complexity index is 354. The van der Waals surface area contributed by atoms with E-state index < -0.39 is 35.7 Å². The Hall–Kier alpha value is -2.12. The van der Waals surface area contributed by atoms with Crippen LogP contribution in [0.5, 0.6) is 0 Å². The van der Waals surface area contributed by atoms with Gasteiger partial charge < -0.3 is 20.4 Å². The highest BCUT2D eigenvalue weighted by molar-refractivity contribution is 5.74. The van der Waals surface area contributed by atoms with Crippen molar-refractivity contribution in [2.45, 2.75) is 44.9 Å². The van der Waals surface area contributed by atoms with E-state index in [0.717, 1.165) is 0 Å². The van der Waals surface area contributed by atoms with Crippen LogP contribution in [0.25, 0.3) is 0 Å². The van der Waals surface area contributed by atoms with Crippen LogP contribution in [-0.2, 0) is 19.2 Å². The van der Waals surface area contributed by atoms with Crippen LogP contribution in [0, 0.1) is 11.8 Å². The van der Waals surface area contributed by atoms with Gasteiger partial charge in [-0.1, -0.05) is 0 Å². The van der Waals surface area contributed by atoms with Crippen LogP contribution in [0.1, 0.15) is 44.9 Å². The number of carboxylic acids is 4. The molecule has 0 heterocycles. The van der Waals surface area contributed by atoms with Gasteiger partial charge in [-0.05, 0) is 32.1 Å². The molecule has 0 fully saturated rings. The van der Waals surface area contributed by atoms with Gasteiger partial charge in [0.2, 0.25) is 0 Å². The summed E-state index contributed by atoms with van der Waals surface area (Å²) >= 11 is 0. The van der Waals surface area contributed by atoms with Crippen LogP contribution < -0.4 is 0 Å². The molecule has 8 heteroatoms. The average Bonchev–Trinajstić information content (AvgIpc) is 2.34. The summed E-state index contributed by atoms with van der Waals surface area (Å²) in [5.74, 6) is -6.26. The first-order chi connectivity index (χ1) is 9.73. The second-order valence-corrected chi connectivity index (χ2v) is 4.88. The second kappa shape index (κ2) is 9.73. The van der Waals surface area contributed by atoms with Gasteiger partial charge in [-0.3, -0.25) is 19.2 Å². The van der Waals surface area contributed by atoms with Crippen LogP contribution in [-0.4, -0.2) is 44.3 Å². The number of rotatable bonds is 12. The summed E-state index contributed by atoms with van der Waals surface area (Å²) in [6.07, 6.45) is 0.0428. The van der Waals surface area contributed by atoms with Crippen molar-refractivity contribution in [1.82, 2.24) is 0 Å². The van der Waals surface area contributed by atoms with E-state index in [1.165, 1.54) is 0 Å². The minimum absolute atomic E-state index is 0.0876. The van der Waals surface area contributed by atoms with Crippen molar-refractivity contribution in [2.75, 3.05) is 0 Å². The maximum atomic E-state index is 11.1. The molecule has 0 saturated heterocycles. The van der Waals surface area contributed by atoms with Crippen LogP contribution in [0.2, 0.25) is 0 Å². The lowest BCUT2D eigenvalue weighted by molar-refractivity contribution is -0.147. The van der Waals surface area contributed by atoms with Crippen LogP contribution in [0.3, 0.4) is 0 Å². The van der Waals surface area contributed by atoms with Gasteiger partial charge in [-0.2, -0.15) is 0 Å². The van der Waals surface area contributed by atoms with Gasteiger partial charge in [-0.15, -0.1) is 0 Å². The zero-order chi connectivity index (χ0) is 16.4. The van der Waals surface area contributed by atoms with E-state index in [0.29, 0.717) is 0 Å². The fraction of sp³-hybridized carbons (Fsp3) is 0.692. The zero-order valence-corrected chi connectivity index (χ0v) is 11.5. The third-order valence-corrected chi connectivity index (χ3v) is 3.15. The predicted octanol–water partition coefficient (Wildman–Crippen LogP) is 1.29. The molecule has 0 aliphatic heterocycles. The van der Waals surface area contributed by atoms with Gasteiger partial charge in [0.15, 0.2) is 0 Å². The number of aliphatic carboxylic acids is 4. The normalized spacial score (nSPS) is 13.3. The number of carbonyl (C=O) groups is 4. The number of carboxylic acid groups (broad SMARTS) is 4. The van der Waals surface area contributed by atoms with Crippen molar-refractivity contribution in [1.29, 1.82) is 0 Å². The Morgan fingerprint density at radius 1 is 0.667 bits per heavy atom. The van der Waals surface area contributed by atoms with Crippen molar-refractivity contribution in [3.8, 4) is 0 Å². The van der Waals surface area contributed by atoms with Crippen molar-refractivity contribution in [2.24, 2.45) is 11.8 Å². The summed E-state index contributed by atoms with van der Waals surface area (Å²) in [5, 5.41) is 35.1. The summed E-state index contributed by atoms with van der Waals surface area (Å²) in [4.78, 5) is 42.9. The minimum atomic E-state index is -1.16. The van der Waals surface area contributed by atoms with Gasteiger partial charge in [0.1, 0.15) is 0 Å². The van der Waals surface area contributed by atoms with Gasteiger partial charge in [-0.25, -0.2) is 0 Å². The van der Waals surface area contributed by atoms with E-state index in [1.54, 1.807) is 0 Å². The Morgan fingerprint density at radius 3 is 1.24 bits per heavy atom. The summed E-state index contributed by atoms with van der Waals surface area (Å²) in [7, 11) is 0. The highest BCUT2D eigenvalue weighted by Gasteiger charge is 2.26. The molecule has 0 saturated carbocycles. The second-order valence-electron chi connectivity index (χ2n) is 4.88. The molecule has 0 rings (SSSR count). The van der Waals surface area contributed by atoms with Crippen molar-refractivity contribution < 1.29 is 39.6 Å². The Kier molecular flexibility index (Phi) is 8.75. The topological polar surface area (TPSA) is 149 Å². The van der Waals surface area contributed by atoms with Gasteiger partial charge in [0.05, 0.1) is 11.8 Å². The van der Waals surface area contributed by atoms with E-state index >= 15 is 0 Å². The first-order valence-corrected chi connectivity index (χ1v) is 6.63. The molecule has 4 N–H and O–H groups in total. The maximum Gasteiger partial charge on any atom is 0.306 e. The largest absolute Gasteiger partial charge is 0.481 e. The van der Waals surface area contributed by atoms with Crippen LogP contribution >= 0.6 is 0 Å². The zero-order valence-electron chi connectivity index (χ0n) is 11.5. The van der Waals surface area contributed by atoms with E-state index in [2.05, 4.69) is 0 Å². The summed E-state index contributed by atoms with van der Waals surface area (Å²) in [5.41, 5.74) is 0. The van der Waals surface area contributed by atoms with Gasteiger partial charge in [0.25, 0.3) is 0 Å². The molecule has 0 spiro atoms. The third-order valence-electron chi connectivity index (χ3n) is 3.15. The van der Waals surface area contributed by atoms with Gasteiger partial charge >= 0.3 is 23.9 Å². The van der Waals surface area contributed by atoms with Gasteiger partial charge in [0, 0.05) is 12.8 Å². The maximum absolute atomic E-state index is 11.1. The molecule has 0 aromatic carbocycles. The highest BCUT2D eigenvalue weighted by atomic mass is 16.4. The SMILES string of the molecule is O=C(O)CCCC(CC(CCCC(=O)O)C(=O)O)C(=O)O. The summed E-state index contributed by atoms with van der Waals surface area (Å²) in [6.45, 7) is 0. The third kappa shape index (κ3) is 9.42. The van der Waals surface area contributed by atoms with Crippen molar-refractivity contribution in [3.63, 3.8) is 0 Å². The van der Waals surface area contributed by atoms with Crippen molar-refractivity contribution >= 4 is 23.9 Å². The molecule has 8 nitrogen and oxygen atoms in total. The van der Waals surface area contributed by atoms with Crippen LogP contribution in [0.4, 0.5) is 0 Å². The number of hydrogen-bond donors (Lipinski definition) is 4. The molecular weight excluding hydrogens is 284 g/mol. The fourth-order valence-corrected chi connectivity index (χ4v) is 2.03. The molecule has 0 aliphatic carbocycles.